The average molecular weight is 379 g/mol. The van der Waals surface area contributed by atoms with Crippen LogP contribution in [0, 0.1) is 0 Å². The monoisotopic (exact) mass is 379 g/mol. The number of imide groups is 1. The summed E-state index contributed by atoms with van der Waals surface area (Å²) in [6, 6.07) is 17.1. The van der Waals surface area contributed by atoms with Crippen LogP contribution in [-0.2, 0) is 16.1 Å². The van der Waals surface area contributed by atoms with E-state index in [2.05, 4.69) is 34.1 Å². The molecule has 2 aliphatic heterocycles. The van der Waals surface area contributed by atoms with E-state index < -0.39 is 0 Å². The van der Waals surface area contributed by atoms with Gasteiger partial charge in [0.25, 0.3) is 5.91 Å². The van der Waals surface area contributed by atoms with Crippen LogP contribution in [0.1, 0.15) is 12.0 Å². The lowest BCUT2D eigenvalue weighted by atomic mass is 10.1. The summed E-state index contributed by atoms with van der Waals surface area (Å²) in [7, 11) is 1.59. The molecule has 0 aliphatic carbocycles. The minimum absolute atomic E-state index is 0.119. The summed E-state index contributed by atoms with van der Waals surface area (Å²) in [5, 5.41) is 0. The zero-order valence-electron chi connectivity index (χ0n) is 16.1. The molecule has 0 aromatic heterocycles. The van der Waals surface area contributed by atoms with Gasteiger partial charge in [-0.15, -0.1) is 0 Å². The van der Waals surface area contributed by atoms with Gasteiger partial charge in [-0.1, -0.05) is 30.3 Å². The molecule has 1 atom stereocenters. The molecule has 2 aromatic carbocycles. The number of nitrogens with zero attached hydrogens (tertiary/aromatic N) is 3. The van der Waals surface area contributed by atoms with Crippen LogP contribution in [0.25, 0.3) is 0 Å². The number of anilines is 1. The van der Waals surface area contributed by atoms with E-state index in [0.29, 0.717) is 11.4 Å². The van der Waals surface area contributed by atoms with Gasteiger partial charge in [-0.05, 0) is 29.8 Å². The molecule has 2 aliphatic rings. The topological polar surface area (TPSA) is 53.1 Å². The Balaban J connectivity index is 1.37. The molecule has 2 fully saturated rings. The van der Waals surface area contributed by atoms with Crippen LogP contribution in [0.2, 0.25) is 0 Å². The molecule has 1 unspecified atom stereocenters. The number of benzene rings is 2. The first-order valence-corrected chi connectivity index (χ1v) is 9.67. The van der Waals surface area contributed by atoms with Crippen LogP contribution in [0.15, 0.2) is 54.6 Å². The first-order valence-electron chi connectivity index (χ1n) is 9.67. The molecule has 0 N–H and O–H groups in total. The Morgan fingerprint density at radius 1 is 0.929 bits per heavy atom. The first-order chi connectivity index (χ1) is 13.7. The fourth-order valence-electron chi connectivity index (χ4n) is 3.98. The minimum atomic E-state index is -0.353. The van der Waals surface area contributed by atoms with Gasteiger partial charge in [0.05, 0.1) is 25.3 Å². The van der Waals surface area contributed by atoms with Crippen LogP contribution in [0.3, 0.4) is 0 Å². The van der Waals surface area contributed by atoms with Crippen LogP contribution < -0.4 is 9.64 Å². The van der Waals surface area contributed by atoms with Gasteiger partial charge >= 0.3 is 0 Å². The molecule has 0 spiro atoms. The molecule has 6 nitrogen and oxygen atoms in total. The Hall–Kier alpha value is -2.70. The number of carbonyl (C=O) groups excluding carboxylic acids is 2. The van der Waals surface area contributed by atoms with Crippen molar-refractivity contribution in [1.29, 1.82) is 0 Å². The summed E-state index contributed by atoms with van der Waals surface area (Å²) in [6.45, 7) is 4.31. The molecule has 4 rings (SSSR count). The van der Waals surface area contributed by atoms with Gasteiger partial charge in [0, 0.05) is 32.7 Å². The van der Waals surface area contributed by atoms with Gasteiger partial charge in [0.2, 0.25) is 5.91 Å². The molecule has 0 saturated carbocycles. The second kappa shape index (κ2) is 8.12. The van der Waals surface area contributed by atoms with E-state index in [1.807, 2.05) is 6.07 Å². The Morgan fingerprint density at radius 2 is 1.61 bits per heavy atom. The molecular formula is C22H25N3O3. The number of rotatable bonds is 5. The highest BCUT2D eigenvalue weighted by molar-refractivity contribution is 6.22. The Morgan fingerprint density at radius 3 is 2.25 bits per heavy atom. The van der Waals surface area contributed by atoms with Crippen molar-refractivity contribution in [3.63, 3.8) is 0 Å². The van der Waals surface area contributed by atoms with Gasteiger partial charge < -0.3 is 4.74 Å². The van der Waals surface area contributed by atoms with Gasteiger partial charge in [0.1, 0.15) is 5.75 Å². The largest absolute Gasteiger partial charge is 0.497 e. The lowest BCUT2D eigenvalue weighted by molar-refractivity contribution is -0.123. The molecule has 2 heterocycles. The molecule has 146 valence electrons. The molecule has 0 bridgehead atoms. The summed E-state index contributed by atoms with van der Waals surface area (Å²) >= 11 is 0. The standard InChI is InChI=1S/C22H25N3O3/c1-28-19-9-7-18(8-10-19)25-21(26)15-20(22(25)27)24-13-11-23(12-14-24)16-17-5-3-2-4-6-17/h2-10,20H,11-16H2,1H3. The maximum Gasteiger partial charge on any atom is 0.251 e. The second-order valence-electron chi connectivity index (χ2n) is 7.28. The van der Waals surface area contributed by atoms with Crippen LogP contribution in [0.5, 0.6) is 5.75 Å². The molecular weight excluding hydrogens is 354 g/mol. The summed E-state index contributed by atoms with van der Waals surface area (Å²) in [4.78, 5) is 31.4. The van der Waals surface area contributed by atoms with E-state index in [-0.39, 0.29) is 24.3 Å². The lowest BCUT2D eigenvalue weighted by Crippen LogP contribution is -2.52. The van der Waals surface area contributed by atoms with Crippen molar-refractivity contribution in [1.82, 2.24) is 9.80 Å². The van der Waals surface area contributed by atoms with E-state index >= 15 is 0 Å². The molecule has 2 saturated heterocycles. The van der Waals surface area contributed by atoms with Crippen molar-refractivity contribution in [2.75, 3.05) is 38.2 Å². The highest BCUT2D eigenvalue weighted by Crippen LogP contribution is 2.28. The molecule has 28 heavy (non-hydrogen) atoms. The summed E-state index contributed by atoms with van der Waals surface area (Å²) in [5.74, 6) is 0.451. The van der Waals surface area contributed by atoms with Crippen molar-refractivity contribution < 1.29 is 14.3 Å². The number of hydrogen-bond donors (Lipinski definition) is 0. The number of hydrogen-bond acceptors (Lipinski definition) is 5. The normalized spacial score (nSPS) is 21.3. The summed E-state index contributed by atoms with van der Waals surface area (Å²) in [5.41, 5.74) is 1.91. The quantitative estimate of drug-likeness (QED) is 0.745. The van der Waals surface area contributed by atoms with Crippen LogP contribution in [0.4, 0.5) is 5.69 Å². The number of methoxy groups -OCH3 is 1. The third-order valence-electron chi connectivity index (χ3n) is 5.55. The average Bonchev–Trinajstić information content (AvgIpc) is 3.03. The summed E-state index contributed by atoms with van der Waals surface area (Å²) in [6.07, 6.45) is 0.254. The van der Waals surface area contributed by atoms with Crippen molar-refractivity contribution in [2.45, 2.75) is 19.0 Å². The van der Waals surface area contributed by atoms with E-state index in [4.69, 9.17) is 4.74 Å². The fourth-order valence-corrected chi connectivity index (χ4v) is 3.98. The van der Waals surface area contributed by atoms with Crippen molar-refractivity contribution in [2.24, 2.45) is 0 Å². The van der Waals surface area contributed by atoms with Gasteiger partial charge in [-0.25, -0.2) is 4.90 Å². The molecule has 2 amide bonds. The highest BCUT2D eigenvalue weighted by Gasteiger charge is 2.43. The van der Waals surface area contributed by atoms with Crippen molar-refractivity contribution in [3.8, 4) is 5.75 Å². The third kappa shape index (κ3) is 3.79. The van der Waals surface area contributed by atoms with E-state index in [9.17, 15) is 9.59 Å². The maximum absolute atomic E-state index is 13.0. The number of carbonyl (C=O) groups is 2. The summed E-state index contributed by atoms with van der Waals surface area (Å²) < 4.78 is 5.15. The van der Waals surface area contributed by atoms with Crippen molar-refractivity contribution in [3.05, 3.63) is 60.2 Å². The zero-order valence-corrected chi connectivity index (χ0v) is 16.1. The van der Waals surface area contributed by atoms with Crippen LogP contribution >= 0.6 is 0 Å². The molecule has 0 radical (unpaired) electrons. The van der Waals surface area contributed by atoms with E-state index in [1.54, 1.807) is 31.4 Å². The van der Waals surface area contributed by atoms with E-state index in [1.165, 1.54) is 10.5 Å². The Labute approximate surface area is 165 Å². The maximum atomic E-state index is 13.0. The van der Waals surface area contributed by atoms with Gasteiger partial charge in [0.15, 0.2) is 0 Å². The Kier molecular flexibility index (Phi) is 5.41. The molecule has 6 heteroatoms. The smallest absolute Gasteiger partial charge is 0.251 e. The Bertz CT molecular complexity index is 830. The zero-order chi connectivity index (χ0) is 19.5. The number of ether oxygens (including phenoxy) is 1. The first kappa shape index (κ1) is 18.7. The predicted molar refractivity (Wildman–Crippen MR) is 107 cm³/mol. The predicted octanol–water partition coefficient (Wildman–Crippen LogP) is 2.14. The second-order valence-corrected chi connectivity index (χ2v) is 7.28. The minimum Gasteiger partial charge on any atom is -0.497 e. The highest BCUT2D eigenvalue weighted by atomic mass is 16.5. The van der Waals surface area contributed by atoms with Crippen molar-refractivity contribution >= 4 is 17.5 Å². The molecule has 2 aromatic rings. The van der Waals surface area contributed by atoms with Gasteiger partial charge in [-0.3, -0.25) is 19.4 Å². The van der Waals surface area contributed by atoms with Gasteiger partial charge in [-0.2, -0.15) is 0 Å². The van der Waals surface area contributed by atoms with Crippen LogP contribution in [-0.4, -0.2) is 60.9 Å². The number of piperazine rings is 1. The third-order valence-corrected chi connectivity index (χ3v) is 5.55. The fraction of sp³-hybridized carbons (Fsp3) is 0.364. The SMILES string of the molecule is COc1ccc(N2C(=O)CC(N3CCN(Cc4ccccc4)CC3)C2=O)cc1. The van der Waals surface area contributed by atoms with E-state index in [0.717, 1.165) is 32.7 Å². The lowest BCUT2D eigenvalue weighted by Gasteiger charge is -2.37. The number of amides is 2.